The Morgan fingerprint density at radius 1 is 1.26 bits per heavy atom. The minimum Gasteiger partial charge on any atom is -0.459 e. The number of nitrogens with one attached hydrogen (secondary N) is 1. The Balaban J connectivity index is 2.10. The second kappa shape index (κ2) is 5.52. The molecule has 19 heavy (non-hydrogen) atoms. The smallest absolute Gasteiger partial charge is 0.307 e. The van der Waals surface area contributed by atoms with Gasteiger partial charge in [0.1, 0.15) is 0 Å². The van der Waals surface area contributed by atoms with Gasteiger partial charge in [0.25, 0.3) is 0 Å². The number of aryl methyl sites for hydroxylation is 3. The van der Waals surface area contributed by atoms with Gasteiger partial charge < -0.3 is 4.42 Å². The lowest BCUT2D eigenvalue weighted by Crippen LogP contribution is -2.16. The maximum Gasteiger partial charge on any atom is 0.307 e. The van der Waals surface area contributed by atoms with E-state index in [1.807, 2.05) is 13.8 Å². The molecule has 2 aromatic rings. The lowest BCUT2D eigenvalue weighted by atomic mass is 10.0. The number of carbonyl (C=O) groups excluding carboxylic acids is 1. The van der Waals surface area contributed by atoms with Crippen LogP contribution in [0.3, 0.4) is 0 Å². The van der Waals surface area contributed by atoms with Gasteiger partial charge in [0, 0.05) is 5.56 Å². The Morgan fingerprint density at radius 2 is 1.95 bits per heavy atom. The highest BCUT2D eigenvalue weighted by molar-refractivity contribution is 5.92. The second-order valence-electron chi connectivity index (χ2n) is 4.49. The van der Waals surface area contributed by atoms with E-state index in [9.17, 15) is 4.79 Å². The Bertz CT molecular complexity index is 590. The molecule has 1 N–H and O–H groups in total. The third kappa shape index (κ3) is 3.10. The highest BCUT2D eigenvalue weighted by Gasteiger charge is 2.06. The summed E-state index contributed by atoms with van der Waals surface area (Å²) in [6, 6.07) is 7.42. The van der Waals surface area contributed by atoms with Crippen LogP contribution in [0.5, 0.6) is 0 Å². The number of hydrazone groups is 1. The zero-order valence-electron chi connectivity index (χ0n) is 11.2. The summed E-state index contributed by atoms with van der Waals surface area (Å²) >= 11 is 0. The number of carbonyl (C=O) groups is 1. The average Bonchev–Trinajstić information content (AvgIpc) is 2.85. The van der Waals surface area contributed by atoms with Gasteiger partial charge >= 0.3 is 5.91 Å². The lowest BCUT2D eigenvalue weighted by Gasteiger charge is -2.06. The van der Waals surface area contributed by atoms with E-state index in [1.54, 1.807) is 18.3 Å². The van der Waals surface area contributed by atoms with Crippen molar-refractivity contribution in [1.82, 2.24) is 5.43 Å². The van der Waals surface area contributed by atoms with Gasteiger partial charge in [-0.25, -0.2) is 5.43 Å². The molecule has 0 aliphatic carbocycles. The van der Waals surface area contributed by atoms with Crippen molar-refractivity contribution in [2.45, 2.75) is 20.8 Å². The SMILES string of the molecule is Cc1cc(C)c(/C=N\NC(=O)c2ccco2)c(C)c1. The third-order valence-electron chi connectivity index (χ3n) is 2.84. The van der Waals surface area contributed by atoms with E-state index >= 15 is 0 Å². The molecule has 0 atom stereocenters. The number of rotatable bonds is 3. The molecule has 4 heteroatoms. The predicted molar refractivity (Wildman–Crippen MR) is 74.4 cm³/mol. The largest absolute Gasteiger partial charge is 0.459 e. The van der Waals surface area contributed by atoms with Crippen LogP contribution >= 0.6 is 0 Å². The summed E-state index contributed by atoms with van der Waals surface area (Å²) in [4.78, 5) is 11.6. The lowest BCUT2D eigenvalue weighted by molar-refractivity contribution is 0.0927. The summed E-state index contributed by atoms with van der Waals surface area (Å²) in [5, 5.41) is 3.96. The van der Waals surface area contributed by atoms with Gasteiger partial charge in [0.05, 0.1) is 12.5 Å². The molecule has 0 aliphatic heterocycles. The quantitative estimate of drug-likeness (QED) is 0.678. The molecule has 0 aliphatic rings. The van der Waals surface area contributed by atoms with Crippen LogP contribution in [0, 0.1) is 20.8 Å². The summed E-state index contributed by atoms with van der Waals surface area (Å²) in [5.74, 6) is -0.113. The fraction of sp³-hybridized carbons (Fsp3) is 0.200. The first kappa shape index (κ1) is 13.1. The molecule has 0 saturated carbocycles. The molecule has 1 amide bonds. The molecule has 2 rings (SSSR count). The molecule has 98 valence electrons. The monoisotopic (exact) mass is 256 g/mol. The zero-order valence-corrected chi connectivity index (χ0v) is 11.2. The van der Waals surface area contributed by atoms with Crippen LogP contribution in [0.25, 0.3) is 0 Å². The van der Waals surface area contributed by atoms with Crippen LogP contribution < -0.4 is 5.43 Å². The van der Waals surface area contributed by atoms with Gasteiger partial charge in [0.2, 0.25) is 0 Å². The van der Waals surface area contributed by atoms with Crippen molar-refractivity contribution in [3.8, 4) is 0 Å². The van der Waals surface area contributed by atoms with Gasteiger partial charge in [-0.15, -0.1) is 0 Å². The predicted octanol–water partition coefficient (Wildman–Crippen LogP) is 2.97. The maximum absolute atomic E-state index is 11.6. The number of hydrogen-bond donors (Lipinski definition) is 1. The maximum atomic E-state index is 11.6. The van der Waals surface area contributed by atoms with Crippen molar-refractivity contribution < 1.29 is 9.21 Å². The van der Waals surface area contributed by atoms with E-state index in [-0.39, 0.29) is 11.7 Å². The Kier molecular flexibility index (Phi) is 3.80. The van der Waals surface area contributed by atoms with Crippen LogP contribution in [0.4, 0.5) is 0 Å². The van der Waals surface area contributed by atoms with Crippen LogP contribution in [0.1, 0.15) is 32.8 Å². The van der Waals surface area contributed by atoms with Crippen LogP contribution in [0.15, 0.2) is 40.0 Å². The fourth-order valence-corrected chi connectivity index (χ4v) is 2.01. The van der Waals surface area contributed by atoms with Crippen molar-refractivity contribution in [1.29, 1.82) is 0 Å². The van der Waals surface area contributed by atoms with Gasteiger partial charge in [0.15, 0.2) is 5.76 Å². The summed E-state index contributed by atoms with van der Waals surface area (Å²) in [6.45, 7) is 6.10. The van der Waals surface area contributed by atoms with Crippen molar-refractivity contribution in [3.63, 3.8) is 0 Å². The van der Waals surface area contributed by atoms with Gasteiger partial charge in [-0.2, -0.15) is 5.10 Å². The van der Waals surface area contributed by atoms with E-state index < -0.39 is 0 Å². The standard InChI is InChI=1S/C15H16N2O2/c1-10-7-11(2)13(12(3)8-10)9-16-17-15(18)14-5-4-6-19-14/h4-9H,1-3H3,(H,17,18)/b16-9-. The molecule has 0 unspecified atom stereocenters. The van der Waals surface area contributed by atoms with Crippen molar-refractivity contribution in [2.75, 3.05) is 0 Å². The third-order valence-corrected chi connectivity index (χ3v) is 2.84. The highest BCUT2D eigenvalue weighted by Crippen LogP contribution is 2.14. The zero-order chi connectivity index (χ0) is 13.8. The first-order chi connectivity index (χ1) is 9.08. The number of furan rings is 1. The molecule has 0 spiro atoms. The molecule has 1 aromatic heterocycles. The van der Waals surface area contributed by atoms with E-state index in [4.69, 9.17) is 4.42 Å². The molecule has 4 nitrogen and oxygen atoms in total. The number of benzene rings is 1. The van der Waals surface area contributed by atoms with Gasteiger partial charge in [-0.05, 0) is 44.0 Å². The molecule has 0 bridgehead atoms. The van der Waals surface area contributed by atoms with Crippen LogP contribution in [-0.2, 0) is 0 Å². The normalized spacial score (nSPS) is 10.9. The van der Waals surface area contributed by atoms with Crippen molar-refractivity contribution in [2.24, 2.45) is 5.10 Å². The van der Waals surface area contributed by atoms with Crippen molar-refractivity contribution >= 4 is 12.1 Å². The Labute approximate surface area is 112 Å². The molecule has 0 radical (unpaired) electrons. The van der Waals surface area contributed by atoms with E-state index in [0.717, 1.165) is 16.7 Å². The Morgan fingerprint density at radius 3 is 2.53 bits per heavy atom. The van der Waals surface area contributed by atoms with Gasteiger partial charge in [-0.3, -0.25) is 4.79 Å². The molecule has 1 heterocycles. The minimum absolute atomic E-state index is 0.245. The fourth-order valence-electron chi connectivity index (χ4n) is 2.01. The van der Waals surface area contributed by atoms with Crippen LogP contribution in [-0.4, -0.2) is 12.1 Å². The summed E-state index contributed by atoms with van der Waals surface area (Å²) in [6.07, 6.45) is 3.11. The topological polar surface area (TPSA) is 54.6 Å². The molecule has 0 saturated heterocycles. The summed E-state index contributed by atoms with van der Waals surface area (Å²) in [7, 11) is 0. The number of amides is 1. The average molecular weight is 256 g/mol. The van der Waals surface area contributed by atoms with Crippen molar-refractivity contribution in [3.05, 3.63) is 58.5 Å². The summed E-state index contributed by atoms with van der Waals surface area (Å²) < 4.78 is 4.98. The number of nitrogens with zero attached hydrogens (tertiary/aromatic N) is 1. The van der Waals surface area contributed by atoms with E-state index in [0.29, 0.717) is 0 Å². The highest BCUT2D eigenvalue weighted by atomic mass is 16.3. The molecular formula is C15H16N2O2. The summed E-state index contributed by atoms with van der Waals surface area (Å²) in [5.41, 5.74) is 6.94. The molecular weight excluding hydrogens is 240 g/mol. The molecule has 0 fully saturated rings. The van der Waals surface area contributed by atoms with Crippen LogP contribution in [0.2, 0.25) is 0 Å². The first-order valence-electron chi connectivity index (χ1n) is 6.02. The second-order valence-corrected chi connectivity index (χ2v) is 4.49. The molecule has 1 aromatic carbocycles. The van der Waals surface area contributed by atoms with Gasteiger partial charge in [-0.1, -0.05) is 17.7 Å². The Hall–Kier alpha value is -2.36. The van der Waals surface area contributed by atoms with E-state index in [1.165, 1.54) is 11.8 Å². The minimum atomic E-state index is -0.358. The first-order valence-corrected chi connectivity index (χ1v) is 6.02. The van der Waals surface area contributed by atoms with E-state index in [2.05, 4.69) is 29.6 Å². The number of hydrogen-bond acceptors (Lipinski definition) is 3.